The highest BCUT2D eigenvalue weighted by Crippen LogP contribution is 2.35. The molecule has 0 bridgehead atoms. The maximum absolute atomic E-state index is 12.1. The highest BCUT2D eigenvalue weighted by molar-refractivity contribution is 7.99. The first kappa shape index (κ1) is 17.5. The van der Waals surface area contributed by atoms with Crippen LogP contribution in [0.1, 0.15) is 18.0 Å². The number of methoxy groups -OCH3 is 1. The molecule has 3 rings (SSSR count). The Balaban J connectivity index is 1.45. The van der Waals surface area contributed by atoms with Crippen molar-refractivity contribution in [1.29, 1.82) is 0 Å². The molecule has 5 nitrogen and oxygen atoms in total. The Morgan fingerprint density at radius 3 is 2.76 bits per heavy atom. The molecule has 1 aliphatic heterocycles. The van der Waals surface area contributed by atoms with Gasteiger partial charge in [-0.25, -0.2) is 4.79 Å². The normalized spacial score (nSPS) is 15.8. The molecule has 2 N–H and O–H groups in total. The van der Waals surface area contributed by atoms with E-state index in [0.717, 1.165) is 12.2 Å². The van der Waals surface area contributed by atoms with Gasteiger partial charge in [0.05, 0.1) is 19.7 Å². The van der Waals surface area contributed by atoms with E-state index in [-0.39, 0.29) is 12.1 Å². The summed E-state index contributed by atoms with van der Waals surface area (Å²) in [4.78, 5) is 13.4. The third kappa shape index (κ3) is 4.60. The predicted molar refractivity (Wildman–Crippen MR) is 99.5 cm³/mol. The topological polar surface area (TPSA) is 59.6 Å². The van der Waals surface area contributed by atoms with Crippen LogP contribution < -0.4 is 20.1 Å². The van der Waals surface area contributed by atoms with Crippen molar-refractivity contribution < 1.29 is 14.3 Å². The zero-order chi connectivity index (χ0) is 17.5. The van der Waals surface area contributed by atoms with Crippen LogP contribution in [0.4, 0.5) is 4.79 Å². The van der Waals surface area contributed by atoms with Gasteiger partial charge in [0.2, 0.25) is 0 Å². The van der Waals surface area contributed by atoms with Gasteiger partial charge in [-0.3, -0.25) is 0 Å². The summed E-state index contributed by atoms with van der Waals surface area (Å²) in [6.45, 7) is 0.803. The summed E-state index contributed by atoms with van der Waals surface area (Å²) in [5, 5.41) is 5.90. The lowest BCUT2D eigenvalue weighted by Crippen LogP contribution is -2.40. The summed E-state index contributed by atoms with van der Waals surface area (Å²) in [5.74, 6) is 2.37. The van der Waals surface area contributed by atoms with Crippen molar-refractivity contribution in [2.75, 3.05) is 26.0 Å². The fraction of sp³-hybridized carbons (Fsp3) is 0.316. The molecule has 0 unspecified atom stereocenters. The second-order valence-electron chi connectivity index (χ2n) is 5.63. The van der Waals surface area contributed by atoms with Crippen LogP contribution in [0.3, 0.4) is 0 Å². The number of urea groups is 1. The number of hydrogen-bond donors (Lipinski definition) is 2. The molecule has 1 heterocycles. The second kappa shape index (κ2) is 8.67. The Bertz CT molecular complexity index is 723. The van der Waals surface area contributed by atoms with Crippen LogP contribution in [0, 0.1) is 0 Å². The summed E-state index contributed by atoms with van der Waals surface area (Å²) in [6.07, 6.45) is 0.937. The van der Waals surface area contributed by atoms with E-state index in [1.807, 2.05) is 48.2 Å². The molecule has 132 valence electrons. The SMILES string of the molecule is COc1ccccc1OCCNC(=O)N[C@@H]1CCSc2ccccc21. The molecule has 0 saturated carbocycles. The maximum Gasteiger partial charge on any atom is 0.315 e. The quantitative estimate of drug-likeness (QED) is 0.775. The van der Waals surface area contributed by atoms with E-state index in [0.29, 0.717) is 24.7 Å². The van der Waals surface area contributed by atoms with E-state index >= 15 is 0 Å². The molecule has 0 aromatic heterocycles. The minimum Gasteiger partial charge on any atom is -0.493 e. The maximum atomic E-state index is 12.1. The zero-order valence-electron chi connectivity index (χ0n) is 14.2. The number of hydrogen-bond acceptors (Lipinski definition) is 4. The van der Waals surface area contributed by atoms with E-state index in [1.165, 1.54) is 10.5 Å². The van der Waals surface area contributed by atoms with Crippen LogP contribution >= 0.6 is 11.8 Å². The van der Waals surface area contributed by atoms with Gasteiger partial charge in [-0.15, -0.1) is 11.8 Å². The molecule has 2 aromatic carbocycles. The summed E-state index contributed by atoms with van der Waals surface area (Å²) >= 11 is 1.84. The van der Waals surface area contributed by atoms with Crippen molar-refractivity contribution >= 4 is 17.8 Å². The second-order valence-corrected chi connectivity index (χ2v) is 6.76. The first-order chi connectivity index (χ1) is 12.3. The standard InChI is InChI=1S/C19H22N2O3S/c1-23-16-7-3-4-8-17(16)24-12-11-20-19(22)21-15-10-13-25-18-9-5-2-6-14(15)18/h2-9,15H,10-13H2,1H3,(H2,20,21,22)/t15-/m1/s1. The molecule has 1 atom stereocenters. The Hall–Kier alpha value is -2.34. The lowest BCUT2D eigenvalue weighted by Gasteiger charge is -2.25. The van der Waals surface area contributed by atoms with Gasteiger partial charge in [0, 0.05) is 10.6 Å². The molecule has 2 amide bonds. The van der Waals surface area contributed by atoms with Crippen LogP contribution in [0.15, 0.2) is 53.4 Å². The lowest BCUT2D eigenvalue weighted by molar-refractivity contribution is 0.231. The summed E-state index contributed by atoms with van der Waals surface area (Å²) in [7, 11) is 1.61. The van der Waals surface area contributed by atoms with Gasteiger partial charge >= 0.3 is 6.03 Å². The number of thioether (sulfide) groups is 1. The third-order valence-electron chi connectivity index (χ3n) is 3.98. The molecule has 25 heavy (non-hydrogen) atoms. The van der Waals surface area contributed by atoms with Crippen molar-refractivity contribution in [3.63, 3.8) is 0 Å². The number of benzene rings is 2. The molecule has 0 aliphatic carbocycles. The number of rotatable bonds is 6. The summed E-state index contributed by atoms with van der Waals surface area (Å²) in [6, 6.07) is 15.6. The van der Waals surface area contributed by atoms with Gasteiger partial charge in [0.25, 0.3) is 0 Å². The first-order valence-corrected chi connectivity index (χ1v) is 9.28. The highest BCUT2D eigenvalue weighted by atomic mass is 32.2. The van der Waals surface area contributed by atoms with E-state index in [9.17, 15) is 4.79 Å². The van der Waals surface area contributed by atoms with Crippen LogP contribution in [0.2, 0.25) is 0 Å². The van der Waals surface area contributed by atoms with Gasteiger partial charge in [-0.1, -0.05) is 30.3 Å². The number of ether oxygens (including phenoxy) is 2. The smallest absolute Gasteiger partial charge is 0.315 e. The average molecular weight is 358 g/mol. The number of carbonyl (C=O) groups is 1. The van der Waals surface area contributed by atoms with E-state index in [4.69, 9.17) is 9.47 Å². The van der Waals surface area contributed by atoms with Gasteiger partial charge in [-0.2, -0.15) is 0 Å². The molecule has 0 saturated heterocycles. The third-order valence-corrected chi connectivity index (χ3v) is 5.10. The van der Waals surface area contributed by atoms with E-state index in [1.54, 1.807) is 7.11 Å². The van der Waals surface area contributed by atoms with Crippen molar-refractivity contribution in [1.82, 2.24) is 10.6 Å². The highest BCUT2D eigenvalue weighted by Gasteiger charge is 2.21. The number of carbonyl (C=O) groups excluding carboxylic acids is 1. The number of fused-ring (bicyclic) bond motifs is 1. The largest absolute Gasteiger partial charge is 0.493 e. The fourth-order valence-corrected chi connectivity index (χ4v) is 3.89. The molecule has 2 aromatic rings. The first-order valence-electron chi connectivity index (χ1n) is 8.30. The molecule has 6 heteroatoms. The Morgan fingerprint density at radius 1 is 1.16 bits per heavy atom. The molecule has 0 fully saturated rings. The predicted octanol–water partition coefficient (Wildman–Crippen LogP) is 3.61. The Labute approximate surface area is 152 Å². The lowest BCUT2D eigenvalue weighted by atomic mass is 10.0. The van der Waals surface area contributed by atoms with Crippen molar-refractivity contribution in [2.24, 2.45) is 0 Å². The van der Waals surface area contributed by atoms with Crippen molar-refractivity contribution in [3.8, 4) is 11.5 Å². The van der Waals surface area contributed by atoms with E-state index in [2.05, 4.69) is 22.8 Å². The molecular formula is C19H22N2O3S. The minimum absolute atomic E-state index is 0.0626. The van der Waals surface area contributed by atoms with E-state index < -0.39 is 0 Å². The summed E-state index contributed by atoms with van der Waals surface area (Å²) < 4.78 is 10.9. The Kier molecular flexibility index (Phi) is 6.06. The molecule has 0 radical (unpaired) electrons. The van der Waals surface area contributed by atoms with Gasteiger partial charge in [0.1, 0.15) is 6.61 Å². The van der Waals surface area contributed by atoms with Gasteiger partial charge in [-0.05, 0) is 30.2 Å². The molecule has 1 aliphatic rings. The van der Waals surface area contributed by atoms with Crippen LogP contribution in [-0.4, -0.2) is 32.0 Å². The monoisotopic (exact) mass is 358 g/mol. The minimum atomic E-state index is -0.171. The zero-order valence-corrected chi connectivity index (χ0v) is 15.0. The van der Waals surface area contributed by atoms with Crippen LogP contribution in [-0.2, 0) is 0 Å². The number of amides is 2. The average Bonchev–Trinajstić information content (AvgIpc) is 2.66. The molecule has 0 spiro atoms. The number of nitrogens with one attached hydrogen (secondary N) is 2. The van der Waals surface area contributed by atoms with Gasteiger partial charge < -0.3 is 20.1 Å². The molecular weight excluding hydrogens is 336 g/mol. The summed E-state index contributed by atoms with van der Waals surface area (Å²) in [5.41, 5.74) is 1.19. The van der Waals surface area contributed by atoms with Crippen molar-refractivity contribution in [3.05, 3.63) is 54.1 Å². The van der Waals surface area contributed by atoms with Crippen molar-refractivity contribution in [2.45, 2.75) is 17.4 Å². The van der Waals surface area contributed by atoms with Crippen LogP contribution in [0.5, 0.6) is 11.5 Å². The number of para-hydroxylation sites is 2. The fourth-order valence-electron chi connectivity index (χ4n) is 2.76. The Morgan fingerprint density at radius 2 is 1.92 bits per heavy atom. The van der Waals surface area contributed by atoms with Crippen LogP contribution in [0.25, 0.3) is 0 Å². The van der Waals surface area contributed by atoms with Gasteiger partial charge in [0.15, 0.2) is 11.5 Å².